The van der Waals surface area contributed by atoms with Gasteiger partial charge in [-0.15, -0.1) is 0 Å². The van der Waals surface area contributed by atoms with Gasteiger partial charge in [-0.2, -0.15) is 0 Å². The fourth-order valence-corrected chi connectivity index (χ4v) is 2.77. The molecule has 0 aliphatic rings. The first kappa shape index (κ1) is 19.0. The Bertz CT molecular complexity index is 1020. The number of carbonyl (C=O) groups excluding carboxylic acids is 1. The zero-order chi connectivity index (χ0) is 19.2. The molecule has 0 aliphatic carbocycles. The van der Waals surface area contributed by atoms with Crippen LogP contribution in [0.5, 0.6) is 5.88 Å². The van der Waals surface area contributed by atoms with Gasteiger partial charge in [-0.25, -0.2) is 9.97 Å². The predicted octanol–water partition coefficient (Wildman–Crippen LogP) is 2.22. The van der Waals surface area contributed by atoms with E-state index in [4.69, 9.17) is 9.47 Å². The number of carbonyl (C=O) groups is 1. The zero-order valence-electron chi connectivity index (χ0n) is 14.5. The Morgan fingerprint density at radius 1 is 1.26 bits per heavy atom. The first-order valence-electron chi connectivity index (χ1n) is 8.10. The van der Waals surface area contributed by atoms with E-state index in [9.17, 15) is 9.59 Å². The van der Waals surface area contributed by atoms with Gasteiger partial charge in [0.15, 0.2) is 0 Å². The fraction of sp³-hybridized carbons (Fsp3) is 0.222. The lowest BCUT2D eigenvalue weighted by molar-refractivity contribution is -0.116. The van der Waals surface area contributed by atoms with Crippen molar-refractivity contribution < 1.29 is 14.3 Å². The molecule has 9 heteroatoms. The minimum atomic E-state index is -0.391. The van der Waals surface area contributed by atoms with Crippen LogP contribution in [-0.2, 0) is 16.1 Å². The van der Waals surface area contributed by atoms with Gasteiger partial charge in [0.2, 0.25) is 11.8 Å². The van der Waals surface area contributed by atoms with Crippen molar-refractivity contribution in [3.05, 3.63) is 57.7 Å². The number of benzene rings is 1. The van der Waals surface area contributed by atoms with Crippen molar-refractivity contribution >= 4 is 38.4 Å². The van der Waals surface area contributed by atoms with E-state index in [0.717, 1.165) is 4.47 Å². The van der Waals surface area contributed by atoms with Gasteiger partial charge in [-0.05, 0) is 30.3 Å². The number of pyridine rings is 1. The number of rotatable bonds is 7. The third-order valence-corrected chi connectivity index (χ3v) is 4.16. The summed E-state index contributed by atoms with van der Waals surface area (Å²) < 4.78 is 12.4. The van der Waals surface area contributed by atoms with E-state index >= 15 is 0 Å². The van der Waals surface area contributed by atoms with Crippen molar-refractivity contribution in [1.82, 2.24) is 14.5 Å². The Hall–Kier alpha value is -2.78. The van der Waals surface area contributed by atoms with Crippen molar-refractivity contribution in [2.75, 3.05) is 25.6 Å². The maximum absolute atomic E-state index is 12.6. The van der Waals surface area contributed by atoms with Gasteiger partial charge in [0.25, 0.3) is 5.56 Å². The molecule has 0 saturated carbocycles. The van der Waals surface area contributed by atoms with Gasteiger partial charge in [-0.1, -0.05) is 15.9 Å². The molecule has 0 saturated heterocycles. The van der Waals surface area contributed by atoms with Crippen LogP contribution in [0.25, 0.3) is 10.9 Å². The molecule has 8 nitrogen and oxygen atoms in total. The number of nitrogens with zero attached hydrogens (tertiary/aromatic N) is 3. The van der Waals surface area contributed by atoms with Crippen LogP contribution in [0.2, 0.25) is 0 Å². The Kier molecular flexibility index (Phi) is 6.15. The largest absolute Gasteiger partial charge is 0.474 e. The number of aromatic nitrogens is 3. The predicted molar refractivity (Wildman–Crippen MR) is 104 cm³/mol. The summed E-state index contributed by atoms with van der Waals surface area (Å²) in [6.07, 6.45) is 2.92. The molecule has 2 aromatic heterocycles. The summed E-state index contributed by atoms with van der Waals surface area (Å²) in [5.41, 5.74) is 0.697. The Labute approximate surface area is 163 Å². The number of hydrogen-bond acceptors (Lipinski definition) is 6. The lowest BCUT2D eigenvalue weighted by atomic mass is 10.2. The van der Waals surface area contributed by atoms with Crippen LogP contribution >= 0.6 is 15.9 Å². The molecule has 0 aliphatic heterocycles. The van der Waals surface area contributed by atoms with Crippen LogP contribution in [0.1, 0.15) is 0 Å². The molecule has 0 atom stereocenters. The van der Waals surface area contributed by atoms with Crippen LogP contribution in [0.15, 0.2) is 52.1 Å². The van der Waals surface area contributed by atoms with Crippen molar-refractivity contribution in [3.8, 4) is 5.88 Å². The number of methoxy groups -OCH3 is 1. The molecule has 1 amide bonds. The summed E-state index contributed by atoms with van der Waals surface area (Å²) in [6, 6.07) is 8.58. The molecule has 0 unspecified atom stereocenters. The van der Waals surface area contributed by atoms with E-state index in [1.165, 1.54) is 10.9 Å². The quantitative estimate of drug-likeness (QED) is 0.575. The fourth-order valence-electron chi connectivity index (χ4n) is 2.41. The molecule has 1 N–H and O–H groups in total. The van der Waals surface area contributed by atoms with E-state index in [2.05, 4.69) is 31.2 Å². The maximum Gasteiger partial charge on any atom is 0.261 e. The molecule has 140 valence electrons. The molecule has 1 aromatic carbocycles. The first-order valence-corrected chi connectivity index (χ1v) is 8.89. The van der Waals surface area contributed by atoms with Crippen LogP contribution in [0.4, 0.5) is 5.69 Å². The summed E-state index contributed by atoms with van der Waals surface area (Å²) in [5, 5.41) is 3.14. The second-order valence-corrected chi connectivity index (χ2v) is 6.50. The number of anilines is 1. The van der Waals surface area contributed by atoms with E-state index < -0.39 is 5.91 Å². The first-order chi connectivity index (χ1) is 13.1. The van der Waals surface area contributed by atoms with Crippen LogP contribution in [-0.4, -0.2) is 40.8 Å². The Morgan fingerprint density at radius 2 is 2.11 bits per heavy atom. The zero-order valence-corrected chi connectivity index (χ0v) is 16.1. The van der Waals surface area contributed by atoms with E-state index in [-0.39, 0.29) is 18.0 Å². The number of fused-ring (bicyclic) bond motifs is 1. The molecule has 0 fully saturated rings. The van der Waals surface area contributed by atoms with Crippen LogP contribution in [0.3, 0.4) is 0 Å². The minimum Gasteiger partial charge on any atom is -0.474 e. The third kappa shape index (κ3) is 4.69. The third-order valence-electron chi connectivity index (χ3n) is 3.67. The smallest absolute Gasteiger partial charge is 0.261 e. The van der Waals surface area contributed by atoms with Crippen LogP contribution < -0.4 is 15.6 Å². The second kappa shape index (κ2) is 8.74. The molecular weight excluding hydrogens is 416 g/mol. The highest BCUT2D eigenvalue weighted by atomic mass is 79.9. The molecule has 3 rings (SSSR count). The minimum absolute atomic E-state index is 0.180. The van der Waals surface area contributed by atoms with Gasteiger partial charge in [0.05, 0.1) is 23.8 Å². The highest BCUT2D eigenvalue weighted by Gasteiger charge is 2.12. The van der Waals surface area contributed by atoms with Gasteiger partial charge < -0.3 is 14.8 Å². The van der Waals surface area contributed by atoms with Gasteiger partial charge in [0, 0.05) is 17.8 Å². The number of hydrogen-bond donors (Lipinski definition) is 1. The summed E-state index contributed by atoms with van der Waals surface area (Å²) in [5.74, 6) is -0.103. The maximum atomic E-state index is 12.6. The second-order valence-electron chi connectivity index (χ2n) is 5.58. The lowest BCUT2D eigenvalue weighted by Crippen LogP contribution is -2.28. The molecule has 0 radical (unpaired) electrons. The average molecular weight is 433 g/mol. The van der Waals surface area contributed by atoms with Crippen molar-refractivity contribution in [1.29, 1.82) is 0 Å². The number of nitrogens with one attached hydrogen (secondary N) is 1. The number of halogens is 1. The topological polar surface area (TPSA) is 95.3 Å². The van der Waals surface area contributed by atoms with Crippen LogP contribution in [0, 0.1) is 0 Å². The molecule has 27 heavy (non-hydrogen) atoms. The molecular formula is C18H17BrN4O4. The van der Waals surface area contributed by atoms with Gasteiger partial charge >= 0.3 is 0 Å². The highest BCUT2D eigenvalue weighted by Crippen LogP contribution is 2.20. The molecule has 2 heterocycles. The van der Waals surface area contributed by atoms with E-state index in [1.807, 2.05) is 0 Å². The summed E-state index contributed by atoms with van der Waals surface area (Å²) in [6.45, 7) is 0.525. The summed E-state index contributed by atoms with van der Waals surface area (Å²) in [4.78, 5) is 33.3. The number of ether oxygens (including phenoxy) is 2. The van der Waals surface area contributed by atoms with Crippen molar-refractivity contribution in [3.63, 3.8) is 0 Å². The molecule has 3 aromatic rings. The lowest BCUT2D eigenvalue weighted by Gasteiger charge is -2.12. The van der Waals surface area contributed by atoms with E-state index in [1.54, 1.807) is 43.6 Å². The Balaban J connectivity index is 1.76. The van der Waals surface area contributed by atoms with Gasteiger partial charge in [-0.3, -0.25) is 14.2 Å². The normalized spacial score (nSPS) is 10.7. The Morgan fingerprint density at radius 3 is 2.93 bits per heavy atom. The monoisotopic (exact) mass is 432 g/mol. The SMILES string of the molecule is COCCOc1ncccc1NC(=O)Cn1cnc2ccc(Br)cc2c1=O. The molecule has 0 bridgehead atoms. The summed E-state index contributed by atoms with van der Waals surface area (Å²) in [7, 11) is 1.57. The van der Waals surface area contributed by atoms with Crippen molar-refractivity contribution in [2.24, 2.45) is 0 Å². The average Bonchev–Trinajstić information content (AvgIpc) is 2.66. The standard InChI is InChI=1S/C18H17BrN4O4/c1-26-7-8-27-17-15(3-2-6-20-17)22-16(24)10-23-11-21-14-5-4-12(19)9-13(14)18(23)25/h2-6,9,11H,7-8,10H2,1H3,(H,22,24). The van der Waals surface area contributed by atoms with Crippen molar-refractivity contribution in [2.45, 2.75) is 6.54 Å². The summed E-state index contributed by atoms with van der Waals surface area (Å²) >= 11 is 3.34. The molecule has 0 spiro atoms. The van der Waals surface area contributed by atoms with Gasteiger partial charge in [0.1, 0.15) is 18.8 Å². The highest BCUT2D eigenvalue weighted by molar-refractivity contribution is 9.10. The number of amides is 1. The van der Waals surface area contributed by atoms with E-state index in [0.29, 0.717) is 29.8 Å².